The normalized spacial score (nSPS) is 12.4. The molecule has 0 saturated carbocycles. The van der Waals surface area contributed by atoms with Crippen LogP contribution in [-0.2, 0) is 25.0 Å². The summed E-state index contributed by atoms with van der Waals surface area (Å²) in [5.74, 6) is -2.33. The van der Waals surface area contributed by atoms with E-state index in [4.69, 9.17) is 5.73 Å². The van der Waals surface area contributed by atoms with Crippen LogP contribution in [0.5, 0.6) is 0 Å². The first-order valence-electron chi connectivity index (χ1n) is 9.98. The van der Waals surface area contributed by atoms with Gasteiger partial charge < -0.3 is 16.4 Å². The Balaban J connectivity index is 0.00000253. The van der Waals surface area contributed by atoms with Gasteiger partial charge in [-0.05, 0) is 36.4 Å². The van der Waals surface area contributed by atoms with Gasteiger partial charge in [-0.1, -0.05) is 12.1 Å². The second-order valence-corrected chi connectivity index (χ2v) is 10.5. The number of carbonyl (C=O) groups is 3. The van der Waals surface area contributed by atoms with Crippen LogP contribution in [0.15, 0.2) is 58.3 Å². The summed E-state index contributed by atoms with van der Waals surface area (Å²) in [6.45, 7) is 1.32. The number of ketones is 2. The van der Waals surface area contributed by atoms with E-state index in [2.05, 4.69) is 10.6 Å². The van der Waals surface area contributed by atoms with Crippen LogP contribution >= 0.6 is 0 Å². The number of benzene rings is 3. The Kier molecular flexibility index (Phi) is 9.76. The molecule has 38 heavy (non-hydrogen) atoms. The van der Waals surface area contributed by atoms with Crippen molar-refractivity contribution in [2.45, 2.75) is 16.7 Å². The molecule has 3 aromatic rings. The largest absolute Gasteiger partial charge is 0.397 e. The molecule has 0 aliphatic heterocycles. The number of nitrogen functional groups attached to an aromatic ring is 1. The summed E-state index contributed by atoms with van der Waals surface area (Å²) in [7, 11) is -9.96. The SMILES string of the molecule is CC(=O)Nc1ccc(Nc2cc(S(=O)(=O)O)c(N)c3c2C(=O)c2cccc(S(=O)(=O)O)c2C3=O)cc1.[Na].[Na]. The average Bonchev–Trinajstić information content (AvgIpc) is 2.77. The topological polar surface area (TPSA) is 210 Å². The van der Waals surface area contributed by atoms with Crippen LogP contribution in [0.3, 0.4) is 0 Å². The first-order chi connectivity index (χ1) is 16.7. The summed E-state index contributed by atoms with van der Waals surface area (Å²) in [5.41, 5.74) is 3.60. The zero-order valence-corrected chi connectivity index (χ0v) is 25.9. The molecule has 0 spiro atoms. The maximum Gasteiger partial charge on any atom is 0.296 e. The molecule has 1 aliphatic rings. The van der Waals surface area contributed by atoms with E-state index in [0.29, 0.717) is 11.4 Å². The Bertz CT molecular complexity index is 1710. The van der Waals surface area contributed by atoms with Crippen molar-refractivity contribution in [1.29, 1.82) is 0 Å². The number of amides is 1. The van der Waals surface area contributed by atoms with E-state index in [1.54, 1.807) is 0 Å². The van der Waals surface area contributed by atoms with Crippen molar-refractivity contribution in [2.75, 3.05) is 16.4 Å². The van der Waals surface area contributed by atoms with Crippen LogP contribution in [0.4, 0.5) is 22.7 Å². The number of carbonyl (C=O) groups excluding carboxylic acids is 3. The minimum atomic E-state index is -5.00. The zero-order valence-electron chi connectivity index (χ0n) is 20.3. The number of nitrogens with one attached hydrogen (secondary N) is 2. The summed E-state index contributed by atoms with van der Waals surface area (Å²) in [4.78, 5) is 36.3. The second kappa shape index (κ2) is 11.6. The molecule has 2 radical (unpaired) electrons. The first kappa shape index (κ1) is 32.1. The van der Waals surface area contributed by atoms with Crippen LogP contribution in [0, 0.1) is 0 Å². The van der Waals surface area contributed by atoms with Crippen molar-refractivity contribution in [2.24, 2.45) is 0 Å². The molecule has 6 N–H and O–H groups in total. The Morgan fingerprint density at radius 3 is 1.87 bits per heavy atom. The molecule has 16 heteroatoms. The second-order valence-electron chi connectivity index (χ2n) is 7.76. The van der Waals surface area contributed by atoms with Gasteiger partial charge >= 0.3 is 0 Å². The summed E-state index contributed by atoms with van der Waals surface area (Å²) in [6, 6.07) is 10.1. The molecule has 0 atom stereocenters. The van der Waals surface area contributed by atoms with Crippen LogP contribution in [0.2, 0.25) is 0 Å². The summed E-state index contributed by atoms with van der Waals surface area (Å²) >= 11 is 0. The Labute approximate surface area is 261 Å². The monoisotopic (exact) mass is 577 g/mol. The molecule has 1 amide bonds. The fourth-order valence-electron chi connectivity index (χ4n) is 3.88. The number of hydrogen-bond donors (Lipinski definition) is 5. The van der Waals surface area contributed by atoms with E-state index < -0.39 is 58.4 Å². The molecule has 12 nitrogen and oxygen atoms in total. The van der Waals surface area contributed by atoms with Crippen molar-refractivity contribution in [1.82, 2.24) is 0 Å². The van der Waals surface area contributed by atoms with Crippen molar-refractivity contribution >= 4 is 120 Å². The third kappa shape index (κ3) is 6.04. The fraction of sp³-hybridized carbons (Fsp3) is 0.0455. The molecular weight excluding hydrogens is 560 g/mol. The number of fused-ring (bicyclic) bond motifs is 2. The number of nitrogens with two attached hydrogens (primary N) is 1. The smallest absolute Gasteiger partial charge is 0.296 e. The molecule has 0 saturated heterocycles. The third-order valence-electron chi connectivity index (χ3n) is 5.32. The first-order valence-corrected chi connectivity index (χ1v) is 12.9. The molecule has 188 valence electrons. The number of hydrogen-bond acceptors (Lipinski definition) is 9. The summed E-state index contributed by atoms with van der Waals surface area (Å²) < 4.78 is 67.1. The van der Waals surface area contributed by atoms with Crippen molar-refractivity contribution < 1.29 is 40.3 Å². The van der Waals surface area contributed by atoms with Crippen molar-refractivity contribution in [3.63, 3.8) is 0 Å². The molecule has 3 aromatic carbocycles. The van der Waals surface area contributed by atoms with Gasteiger partial charge in [0, 0.05) is 83.0 Å². The number of rotatable bonds is 5. The molecule has 0 aromatic heterocycles. The maximum absolute atomic E-state index is 13.4. The summed E-state index contributed by atoms with van der Waals surface area (Å²) in [6.07, 6.45) is 0. The van der Waals surface area contributed by atoms with Gasteiger partial charge in [0.2, 0.25) is 5.91 Å². The molecule has 0 unspecified atom stereocenters. The van der Waals surface area contributed by atoms with Crippen molar-refractivity contribution in [3.05, 3.63) is 70.8 Å². The molecule has 1 aliphatic carbocycles. The quantitative estimate of drug-likeness (QED) is 0.130. The van der Waals surface area contributed by atoms with Crippen LogP contribution < -0.4 is 16.4 Å². The van der Waals surface area contributed by atoms with Gasteiger partial charge in [-0.25, -0.2) is 0 Å². The molecule has 4 rings (SSSR count). The summed E-state index contributed by atoms with van der Waals surface area (Å²) in [5, 5.41) is 5.35. The van der Waals surface area contributed by atoms with E-state index in [1.807, 2.05) is 0 Å². The maximum atomic E-state index is 13.4. The van der Waals surface area contributed by atoms with E-state index >= 15 is 0 Å². The molecule has 0 fully saturated rings. The fourth-order valence-corrected chi connectivity index (χ4v) is 5.24. The van der Waals surface area contributed by atoms with Crippen LogP contribution in [0.1, 0.15) is 38.8 Å². The van der Waals surface area contributed by atoms with Crippen LogP contribution in [0.25, 0.3) is 0 Å². The predicted octanol–water partition coefficient (Wildman–Crippen LogP) is 1.48. The zero-order chi connectivity index (χ0) is 26.6. The van der Waals surface area contributed by atoms with Gasteiger partial charge in [-0.15, -0.1) is 0 Å². The van der Waals surface area contributed by atoms with Crippen molar-refractivity contribution in [3.8, 4) is 0 Å². The number of anilines is 4. The third-order valence-corrected chi connectivity index (χ3v) is 7.11. The van der Waals surface area contributed by atoms with Crippen LogP contribution in [-0.4, -0.2) is 103 Å². The minimum absolute atomic E-state index is 0. The standard InChI is InChI=1S/C22H17N3O9S2.2Na/c1-10(26)24-11-5-7-12(8-6-11)25-14-9-16(36(32,33)34)20(23)19-18(14)21(27)13-3-2-4-15(35(29,30)31)17(13)22(19)28;;/h2-9,25H,23H2,1H3,(H,24,26)(H,29,30,31)(H,32,33,34);;. The van der Waals surface area contributed by atoms with Gasteiger partial charge in [0.1, 0.15) is 9.79 Å². The van der Waals surface area contributed by atoms with Gasteiger partial charge in [-0.2, -0.15) is 16.8 Å². The Morgan fingerprint density at radius 1 is 0.789 bits per heavy atom. The average molecular weight is 578 g/mol. The molecular formula is C22H17N3Na2O9S2. The van der Waals surface area contributed by atoms with E-state index in [-0.39, 0.29) is 81.8 Å². The predicted molar refractivity (Wildman–Crippen MR) is 139 cm³/mol. The van der Waals surface area contributed by atoms with E-state index in [0.717, 1.165) is 18.2 Å². The Morgan fingerprint density at radius 2 is 1.34 bits per heavy atom. The van der Waals surface area contributed by atoms with E-state index in [9.17, 15) is 40.3 Å². The van der Waals surface area contributed by atoms with Gasteiger partial charge in [0.05, 0.1) is 28.1 Å². The molecule has 0 heterocycles. The minimum Gasteiger partial charge on any atom is -0.397 e. The van der Waals surface area contributed by atoms with E-state index in [1.165, 1.54) is 37.3 Å². The van der Waals surface area contributed by atoms with Gasteiger partial charge in [0.15, 0.2) is 11.6 Å². The Hall–Kier alpha value is -2.11. The van der Waals surface area contributed by atoms with Gasteiger partial charge in [-0.3, -0.25) is 23.5 Å². The van der Waals surface area contributed by atoms with Gasteiger partial charge in [0.25, 0.3) is 20.2 Å². The molecule has 0 bridgehead atoms.